The molecule has 2 bridgehead atoms. The fourth-order valence-corrected chi connectivity index (χ4v) is 4.33. The van der Waals surface area contributed by atoms with Crippen LogP contribution in [0.5, 0.6) is 0 Å². The molecule has 1 aromatic carbocycles. The first-order valence-electron chi connectivity index (χ1n) is 7.68. The van der Waals surface area contributed by atoms with E-state index in [1.807, 2.05) is 6.07 Å². The minimum absolute atomic E-state index is 0.0931. The van der Waals surface area contributed by atoms with Gasteiger partial charge in [-0.3, -0.25) is 0 Å². The first-order valence-corrected chi connectivity index (χ1v) is 7.68. The molecule has 0 aliphatic heterocycles. The summed E-state index contributed by atoms with van der Waals surface area (Å²) in [6.07, 6.45) is 3.91. The monoisotopic (exact) mass is 287 g/mol. The van der Waals surface area contributed by atoms with Crippen LogP contribution in [-0.4, -0.2) is 6.10 Å². The minimum atomic E-state index is -0.464. The van der Waals surface area contributed by atoms with E-state index in [1.54, 1.807) is 12.1 Å². The Balaban J connectivity index is 1.71. The molecule has 0 aromatic heterocycles. The summed E-state index contributed by atoms with van der Waals surface area (Å²) in [7, 11) is 0. The maximum absolute atomic E-state index is 13.3. The van der Waals surface area contributed by atoms with Crippen molar-refractivity contribution >= 4 is 0 Å². The van der Waals surface area contributed by atoms with E-state index in [4.69, 9.17) is 10.00 Å². The molecule has 0 amide bonds. The van der Waals surface area contributed by atoms with Crippen molar-refractivity contribution in [2.24, 2.45) is 16.7 Å². The maximum atomic E-state index is 13.3. The molecule has 0 saturated heterocycles. The summed E-state index contributed by atoms with van der Waals surface area (Å²) >= 11 is 0. The largest absolute Gasteiger partial charge is 0.373 e. The first kappa shape index (κ1) is 14.5. The van der Waals surface area contributed by atoms with Gasteiger partial charge >= 0.3 is 0 Å². The number of hydrogen-bond donors (Lipinski definition) is 0. The number of nitrogens with zero attached hydrogens (tertiary/aromatic N) is 1. The van der Waals surface area contributed by atoms with Crippen molar-refractivity contribution < 1.29 is 9.13 Å². The van der Waals surface area contributed by atoms with Crippen LogP contribution in [0, 0.1) is 33.9 Å². The van der Waals surface area contributed by atoms with Crippen LogP contribution in [-0.2, 0) is 11.3 Å². The second-order valence-corrected chi connectivity index (χ2v) is 7.34. The van der Waals surface area contributed by atoms with Gasteiger partial charge in [-0.05, 0) is 53.7 Å². The van der Waals surface area contributed by atoms with Gasteiger partial charge in [-0.15, -0.1) is 0 Å². The molecule has 21 heavy (non-hydrogen) atoms. The third kappa shape index (κ3) is 2.08. The summed E-state index contributed by atoms with van der Waals surface area (Å²) < 4.78 is 19.5. The van der Waals surface area contributed by atoms with Crippen LogP contribution in [0.2, 0.25) is 0 Å². The topological polar surface area (TPSA) is 33.0 Å². The fourth-order valence-electron chi connectivity index (χ4n) is 4.33. The molecule has 2 aliphatic carbocycles. The number of nitriles is 1. The van der Waals surface area contributed by atoms with Gasteiger partial charge in [0, 0.05) is 0 Å². The first-order chi connectivity index (χ1) is 9.88. The number of halogens is 1. The number of ether oxygens (including phenoxy) is 1. The molecule has 2 aliphatic rings. The van der Waals surface area contributed by atoms with Gasteiger partial charge in [0.1, 0.15) is 11.9 Å². The van der Waals surface area contributed by atoms with Crippen LogP contribution in [0.4, 0.5) is 4.39 Å². The SMILES string of the molecule is CC1(C)C2CCC1(C)C(OCc1ccc(F)c(C#N)c1)C2. The van der Waals surface area contributed by atoms with Gasteiger partial charge in [0.25, 0.3) is 0 Å². The van der Waals surface area contributed by atoms with E-state index < -0.39 is 5.82 Å². The summed E-state index contributed by atoms with van der Waals surface area (Å²) in [5.41, 5.74) is 1.53. The molecule has 2 saturated carbocycles. The van der Waals surface area contributed by atoms with Crippen molar-refractivity contribution in [3.63, 3.8) is 0 Å². The van der Waals surface area contributed by atoms with Gasteiger partial charge in [-0.1, -0.05) is 26.8 Å². The van der Waals surface area contributed by atoms with Crippen molar-refractivity contribution in [3.8, 4) is 6.07 Å². The molecule has 3 unspecified atom stereocenters. The number of rotatable bonds is 3. The summed E-state index contributed by atoms with van der Waals surface area (Å²) in [4.78, 5) is 0. The molecule has 3 heteroatoms. The van der Waals surface area contributed by atoms with Crippen LogP contribution >= 0.6 is 0 Å². The lowest BCUT2D eigenvalue weighted by molar-refractivity contribution is -0.0550. The van der Waals surface area contributed by atoms with Crippen molar-refractivity contribution in [1.29, 1.82) is 5.26 Å². The molecule has 3 atom stereocenters. The lowest BCUT2D eigenvalue weighted by Gasteiger charge is -2.38. The third-order valence-electron chi connectivity index (χ3n) is 6.32. The summed E-state index contributed by atoms with van der Waals surface area (Å²) in [6, 6.07) is 6.53. The molecule has 0 spiro atoms. The molecule has 2 fully saturated rings. The van der Waals surface area contributed by atoms with E-state index in [0.717, 1.165) is 17.9 Å². The third-order valence-corrected chi connectivity index (χ3v) is 6.32. The van der Waals surface area contributed by atoms with E-state index in [9.17, 15) is 4.39 Å². The maximum Gasteiger partial charge on any atom is 0.140 e. The fraction of sp³-hybridized carbons (Fsp3) is 0.611. The van der Waals surface area contributed by atoms with Gasteiger partial charge < -0.3 is 4.74 Å². The van der Waals surface area contributed by atoms with Crippen LogP contribution in [0.15, 0.2) is 18.2 Å². The number of hydrogen-bond acceptors (Lipinski definition) is 2. The second-order valence-electron chi connectivity index (χ2n) is 7.34. The Bertz CT molecular complexity index is 604. The normalized spacial score (nSPS) is 33.1. The van der Waals surface area contributed by atoms with Crippen molar-refractivity contribution in [2.75, 3.05) is 0 Å². The molecule has 0 radical (unpaired) electrons. The second kappa shape index (κ2) is 4.81. The number of benzene rings is 1. The van der Waals surface area contributed by atoms with Crippen molar-refractivity contribution in [2.45, 2.75) is 52.7 Å². The summed E-state index contributed by atoms with van der Waals surface area (Å²) in [5.74, 6) is 0.282. The summed E-state index contributed by atoms with van der Waals surface area (Å²) in [5, 5.41) is 8.89. The molecule has 0 heterocycles. The van der Waals surface area contributed by atoms with Gasteiger partial charge in [0.05, 0.1) is 18.3 Å². The van der Waals surface area contributed by atoms with Crippen LogP contribution in [0.1, 0.15) is 51.2 Å². The molecule has 112 valence electrons. The highest BCUT2D eigenvalue weighted by atomic mass is 19.1. The van der Waals surface area contributed by atoms with Crippen LogP contribution < -0.4 is 0 Å². The molecule has 1 aromatic rings. The van der Waals surface area contributed by atoms with Gasteiger partial charge in [0.2, 0.25) is 0 Å². The van der Waals surface area contributed by atoms with E-state index in [0.29, 0.717) is 12.0 Å². The lowest BCUT2D eigenvalue weighted by Crippen LogP contribution is -2.37. The zero-order valence-electron chi connectivity index (χ0n) is 12.9. The molecule has 2 nitrogen and oxygen atoms in total. The predicted molar refractivity (Wildman–Crippen MR) is 78.9 cm³/mol. The highest BCUT2D eigenvalue weighted by molar-refractivity contribution is 5.34. The minimum Gasteiger partial charge on any atom is -0.373 e. The molecular formula is C18H22FNO. The Morgan fingerprint density at radius 3 is 2.71 bits per heavy atom. The smallest absolute Gasteiger partial charge is 0.140 e. The van der Waals surface area contributed by atoms with Gasteiger partial charge in [-0.25, -0.2) is 4.39 Å². The average Bonchev–Trinajstić information content (AvgIpc) is 2.79. The zero-order valence-corrected chi connectivity index (χ0v) is 12.9. The Labute approximate surface area is 125 Å². The zero-order chi connectivity index (χ0) is 15.3. The quantitative estimate of drug-likeness (QED) is 0.824. The molecule has 3 rings (SSSR count). The Hall–Kier alpha value is -1.40. The van der Waals surface area contributed by atoms with Crippen molar-refractivity contribution in [3.05, 3.63) is 35.1 Å². The average molecular weight is 287 g/mol. The highest BCUT2D eigenvalue weighted by Gasteiger charge is 2.61. The number of fused-ring (bicyclic) bond motifs is 2. The lowest BCUT2D eigenvalue weighted by atomic mass is 9.70. The molecule has 0 N–H and O–H groups in total. The Morgan fingerprint density at radius 1 is 1.38 bits per heavy atom. The predicted octanol–water partition coefficient (Wildman–Crippen LogP) is 4.43. The van der Waals surface area contributed by atoms with Gasteiger partial charge in [-0.2, -0.15) is 5.26 Å². The van der Waals surface area contributed by atoms with E-state index in [2.05, 4.69) is 20.8 Å². The Morgan fingerprint density at radius 2 is 2.14 bits per heavy atom. The van der Waals surface area contributed by atoms with Crippen molar-refractivity contribution in [1.82, 2.24) is 0 Å². The van der Waals surface area contributed by atoms with Crippen LogP contribution in [0.25, 0.3) is 0 Å². The molecular weight excluding hydrogens is 265 g/mol. The van der Waals surface area contributed by atoms with E-state index in [-0.39, 0.29) is 17.1 Å². The van der Waals surface area contributed by atoms with Gasteiger partial charge in [0.15, 0.2) is 0 Å². The van der Waals surface area contributed by atoms with E-state index >= 15 is 0 Å². The van der Waals surface area contributed by atoms with E-state index in [1.165, 1.54) is 18.9 Å². The standard InChI is InChI=1S/C18H22FNO/c1-17(2)14-6-7-18(17,3)16(9-14)21-11-12-4-5-15(19)13(8-12)10-20/h4-5,8,14,16H,6-7,9,11H2,1-3H3. The summed E-state index contributed by atoms with van der Waals surface area (Å²) in [6.45, 7) is 7.52. The van der Waals surface area contributed by atoms with Crippen LogP contribution in [0.3, 0.4) is 0 Å². The Kier molecular flexibility index (Phi) is 3.33. The highest BCUT2D eigenvalue weighted by Crippen LogP contribution is 2.66.